The molecule has 2 aromatic carbocycles. The molecule has 0 spiro atoms. The number of hydrogen-bond donors (Lipinski definition) is 3. The summed E-state index contributed by atoms with van der Waals surface area (Å²) in [5, 5.41) is 28.9. The normalized spacial score (nSPS) is 12.1. The highest BCUT2D eigenvalue weighted by Gasteiger charge is 2.18. The van der Waals surface area contributed by atoms with Gasteiger partial charge in [0.2, 0.25) is 0 Å². The highest BCUT2D eigenvalue weighted by Crippen LogP contribution is 2.37. The third-order valence-electron chi connectivity index (χ3n) is 3.34. The van der Waals surface area contributed by atoms with Crippen LogP contribution < -0.4 is 4.74 Å². The number of phenolic OH excluding ortho intramolecular Hbond substituents is 2. The summed E-state index contributed by atoms with van der Waals surface area (Å²) in [4.78, 5) is 0. The van der Waals surface area contributed by atoms with Crippen molar-refractivity contribution >= 4 is 0 Å². The van der Waals surface area contributed by atoms with Crippen LogP contribution in [0.1, 0.15) is 23.5 Å². The maximum atomic E-state index is 9.99. The fraction of sp³-hybridized carbons (Fsp3) is 0.250. The Kier molecular flexibility index (Phi) is 4.48. The average Bonchev–Trinajstić information content (AvgIpc) is 2.46. The second-order valence-corrected chi connectivity index (χ2v) is 4.55. The van der Waals surface area contributed by atoms with Gasteiger partial charge in [-0.3, -0.25) is 0 Å². The van der Waals surface area contributed by atoms with Crippen molar-refractivity contribution in [3.63, 3.8) is 0 Å². The van der Waals surface area contributed by atoms with Gasteiger partial charge in [-0.15, -0.1) is 0 Å². The van der Waals surface area contributed by atoms with Gasteiger partial charge in [-0.1, -0.05) is 24.3 Å². The van der Waals surface area contributed by atoms with Gasteiger partial charge in [0.25, 0.3) is 0 Å². The van der Waals surface area contributed by atoms with Crippen LogP contribution in [0.15, 0.2) is 42.5 Å². The van der Waals surface area contributed by atoms with E-state index in [0.717, 1.165) is 11.1 Å². The molecule has 0 aliphatic carbocycles. The lowest BCUT2D eigenvalue weighted by Crippen LogP contribution is -2.04. The molecule has 0 radical (unpaired) electrons. The number of aliphatic hydroxyl groups excluding tert-OH is 1. The maximum Gasteiger partial charge on any atom is 0.160 e. The first-order chi connectivity index (χ1) is 9.67. The van der Waals surface area contributed by atoms with Gasteiger partial charge in [-0.05, 0) is 30.2 Å². The molecule has 4 heteroatoms. The number of hydrogen-bond acceptors (Lipinski definition) is 4. The molecule has 0 heterocycles. The predicted octanol–water partition coefficient (Wildman–Crippen LogP) is 2.62. The molecule has 1 unspecified atom stereocenters. The monoisotopic (exact) mass is 274 g/mol. The minimum Gasteiger partial charge on any atom is -0.508 e. The molecule has 106 valence electrons. The molecular formula is C16H18O4. The van der Waals surface area contributed by atoms with Crippen LogP contribution in [0.3, 0.4) is 0 Å². The van der Waals surface area contributed by atoms with E-state index in [1.165, 1.54) is 7.11 Å². The van der Waals surface area contributed by atoms with E-state index in [-0.39, 0.29) is 24.0 Å². The van der Waals surface area contributed by atoms with E-state index >= 15 is 0 Å². The van der Waals surface area contributed by atoms with E-state index in [2.05, 4.69) is 0 Å². The largest absolute Gasteiger partial charge is 0.508 e. The summed E-state index contributed by atoms with van der Waals surface area (Å²) < 4.78 is 5.11. The van der Waals surface area contributed by atoms with Crippen LogP contribution in [-0.2, 0) is 0 Å². The lowest BCUT2D eigenvalue weighted by atomic mass is 9.88. The molecule has 20 heavy (non-hydrogen) atoms. The molecular weight excluding hydrogens is 256 g/mol. The quantitative estimate of drug-likeness (QED) is 0.784. The standard InChI is InChI=1S/C16H18O4/c1-20-16-10-11(6-7-15(16)19)12(8-9-17)13-4-2-3-5-14(13)18/h2-7,10,12,17-19H,8-9H2,1H3. The molecule has 4 nitrogen and oxygen atoms in total. The van der Waals surface area contributed by atoms with Crippen molar-refractivity contribution in [3.05, 3.63) is 53.6 Å². The second-order valence-electron chi connectivity index (χ2n) is 4.55. The number of rotatable bonds is 5. The van der Waals surface area contributed by atoms with E-state index < -0.39 is 0 Å². The van der Waals surface area contributed by atoms with E-state index in [1.807, 2.05) is 12.1 Å². The van der Waals surface area contributed by atoms with Gasteiger partial charge in [0.15, 0.2) is 11.5 Å². The minimum atomic E-state index is -0.157. The number of methoxy groups -OCH3 is 1. The van der Waals surface area contributed by atoms with Crippen LogP contribution in [0.4, 0.5) is 0 Å². The number of aromatic hydroxyl groups is 2. The summed E-state index contributed by atoms with van der Waals surface area (Å²) in [7, 11) is 1.49. The van der Waals surface area contributed by atoms with Gasteiger partial charge in [0.05, 0.1) is 7.11 Å². The van der Waals surface area contributed by atoms with Crippen molar-refractivity contribution in [1.82, 2.24) is 0 Å². The molecule has 2 aromatic rings. The Morgan fingerprint density at radius 3 is 2.45 bits per heavy atom. The molecule has 0 saturated carbocycles. The Hall–Kier alpha value is -2.20. The lowest BCUT2D eigenvalue weighted by molar-refractivity contribution is 0.280. The fourth-order valence-electron chi connectivity index (χ4n) is 2.32. The highest BCUT2D eigenvalue weighted by molar-refractivity contribution is 5.47. The molecule has 0 aliphatic heterocycles. The number of phenols is 2. The first-order valence-corrected chi connectivity index (χ1v) is 6.43. The Morgan fingerprint density at radius 2 is 1.80 bits per heavy atom. The third kappa shape index (κ3) is 2.86. The zero-order valence-electron chi connectivity index (χ0n) is 11.3. The summed E-state index contributed by atoms with van der Waals surface area (Å²) in [6.45, 7) is 0.00218. The zero-order chi connectivity index (χ0) is 14.5. The van der Waals surface area contributed by atoms with Crippen molar-refractivity contribution in [2.75, 3.05) is 13.7 Å². The first kappa shape index (κ1) is 14.2. The third-order valence-corrected chi connectivity index (χ3v) is 3.34. The smallest absolute Gasteiger partial charge is 0.160 e. The fourth-order valence-corrected chi connectivity index (χ4v) is 2.32. The zero-order valence-corrected chi connectivity index (χ0v) is 11.3. The predicted molar refractivity (Wildman–Crippen MR) is 76.3 cm³/mol. The molecule has 0 aromatic heterocycles. The highest BCUT2D eigenvalue weighted by atomic mass is 16.5. The van der Waals surface area contributed by atoms with Gasteiger partial charge in [-0.25, -0.2) is 0 Å². The molecule has 0 fully saturated rings. The second kappa shape index (κ2) is 6.30. The first-order valence-electron chi connectivity index (χ1n) is 6.43. The lowest BCUT2D eigenvalue weighted by Gasteiger charge is -2.19. The van der Waals surface area contributed by atoms with Gasteiger partial charge in [-0.2, -0.15) is 0 Å². The van der Waals surface area contributed by atoms with Crippen molar-refractivity contribution in [2.45, 2.75) is 12.3 Å². The van der Waals surface area contributed by atoms with E-state index in [0.29, 0.717) is 12.2 Å². The average molecular weight is 274 g/mol. The topological polar surface area (TPSA) is 69.9 Å². The van der Waals surface area contributed by atoms with Crippen LogP contribution in [0.5, 0.6) is 17.2 Å². The van der Waals surface area contributed by atoms with Crippen molar-refractivity contribution in [3.8, 4) is 17.2 Å². The van der Waals surface area contributed by atoms with Crippen LogP contribution in [-0.4, -0.2) is 29.0 Å². The SMILES string of the molecule is COc1cc(C(CCO)c2ccccc2O)ccc1O. The Labute approximate surface area is 117 Å². The van der Waals surface area contributed by atoms with Crippen molar-refractivity contribution < 1.29 is 20.1 Å². The van der Waals surface area contributed by atoms with Gasteiger partial charge < -0.3 is 20.1 Å². The molecule has 0 amide bonds. The van der Waals surface area contributed by atoms with E-state index in [9.17, 15) is 15.3 Å². The number of benzene rings is 2. The minimum absolute atomic E-state index is 0.00218. The Bertz CT molecular complexity index is 580. The van der Waals surface area contributed by atoms with Crippen LogP contribution in [0.25, 0.3) is 0 Å². The number of aliphatic hydroxyl groups is 1. The van der Waals surface area contributed by atoms with Gasteiger partial charge in [0, 0.05) is 18.1 Å². The van der Waals surface area contributed by atoms with Gasteiger partial charge in [0.1, 0.15) is 5.75 Å². The van der Waals surface area contributed by atoms with Crippen LogP contribution in [0.2, 0.25) is 0 Å². The van der Waals surface area contributed by atoms with Crippen LogP contribution in [0, 0.1) is 0 Å². The van der Waals surface area contributed by atoms with Gasteiger partial charge >= 0.3 is 0 Å². The summed E-state index contributed by atoms with van der Waals surface area (Å²) >= 11 is 0. The Balaban J connectivity index is 2.46. The van der Waals surface area contributed by atoms with Crippen LogP contribution >= 0.6 is 0 Å². The molecule has 0 saturated heterocycles. The summed E-state index contributed by atoms with van der Waals surface area (Å²) in [5.41, 5.74) is 1.62. The van der Waals surface area contributed by atoms with Crippen molar-refractivity contribution in [2.24, 2.45) is 0 Å². The maximum absolute atomic E-state index is 9.99. The molecule has 0 aliphatic rings. The Morgan fingerprint density at radius 1 is 1.05 bits per heavy atom. The number of ether oxygens (including phenoxy) is 1. The van der Waals surface area contributed by atoms with Crippen molar-refractivity contribution in [1.29, 1.82) is 0 Å². The molecule has 1 atom stereocenters. The van der Waals surface area contributed by atoms with E-state index in [4.69, 9.17) is 4.74 Å². The molecule has 0 bridgehead atoms. The summed E-state index contributed by atoms with van der Waals surface area (Å²) in [6.07, 6.45) is 0.478. The van der Waals surface area contributed by atoms with E-state index in [1.54, 1.807) is 30.3 Å². The summed E-state index contributed by atoms with van der Waals surface area (Å²) in [6, 6.07) is 12.1. The number of para-hydroxylation sites is 1. The summed E-state index contributed by atoms with van der Waals surface area (Å²) in [5.74, 6) is 0.478. The molecule has 3 N–H and O–H groups in total. The molecule has 2 rings (SSSR count).